The van der Waals surface area contributed by atoms with Crippen molar-refractivity contribution in [3.8, 4) is 11.5 Å². The van der Waals surface area contributed by atoms with Gasteiger partial charge in [-0.25, -0.2) is 4.79 Å². The first-order valence-electron chi connectivity index (χ1n) is 5.84. The van der Waals surface area contributed by atoms with E-state index in [0.717, 1.165) is 0 Å². The van der Waals surface area contributed by atoms with Gasteiger partial charge >= 0.3 is 5.97 Å². The summed E-state index contributed by atoms with van der Waals surface area (Å²) in [5.41, 5.74) is 0.641. The van der Waals surface area contributed by atoms with Crippen molar-refractivity contribution >= 4 is 27.6 Å². The predicted molar refractivity (Wildman–Crippen MR) is 79.0 cm³/mol. The van der Waals surface area contributed by atoms with Gasteiger partial charge in [0, 0.05) is 12.1 Å². The molecule has 7 heteroatoms. The highest BCUT2D eigenvalue weighted by molar-refractivity contribution is 9.10. The van der Waals surface area contributed by atoms with Crippen LogP contribution in [0.2, 0.25) is 0 Å². The van der Waals surface area contributed by atoms with Gasteiger partial charge in [-0.2, -0.15) is 0 Å². The fourth-order valence-electron chi connectivity index (χ4n) is 1.69. The van der Waals surface area contributed by atoms with E-state index < -0.39 is 10.9 Å². The Morgan fingerprint density at radius 3 is 2.52 bits per heavy atom. The minimum atomic E-state index is -1.06. The van der Waals surface area contributed by atoms with E-state index in [1.54, 1.807) is 13.0 Å². The van der Waals surface area contributed by atoms with E-state index in [0.29, 0.717) is 21.5 Å². The van der Waals surface area contributed by atoms with Crippen molar-refractivity contribution in [3.05, 3.63) is 62.1 Å². The predicted octanol–water partition coefficient (Wildman–Crippen LogP) is 4.16. The summed E-state index contributed by atoms with van der Waals surface area (Å²) in [5, 5.41) is 19.7. The molecule has 0 aliphatic heterocycles. The van der Waals surface area contributed by atoms with Crippen molar-refractivity contribution in [3.63, 3.8) is 0 Å². The fourth-order valence-corrected chi connectivity index (χ4v) is 2.02. The van der Waals surface area contributed by atoms with E-state index in [1.807, 2.05) is 0 Å². The first-order valence-corrected chi connectivity index (χ1v) is 6.63. The highest BCUT2D eigenvalue weighted by Gasteiger charge is 2.12. The zero-order valence-electron chi connectivity index (χ0n) is 10.9. The molecule has 108 valence electrons. The largest absolute Gasteiger partial charge is 0.478 e. The molecule has 0 radical (unpaired) electrons. The number of aromatic carboxylic acids is 1. The van der Waals surface area contributed by atoms with Crippen molar-refractivity contribution in [1.82, 2.24) is 0 Å². The van der Waals surface area contributed by atoms with Crippen LogP contribution in [0.25, 0.3) is 0 Å². The molecule has 0 unspecified atom stereocenters. The monoisotopic (exact) mass is 351 g/mol. The Kier molecular flexibility index (Phi) is 4.23. The lowest BCUT2D eigenvalue weighted by Gasteiger charge is -2.10. The second-order valence-electron chi connectivity index (χ2n) is 4.26. The molecule has 0 aromatic heterocycles. The smallest absolute Gasteiger partial charge is 0.335 e. The van der Waals surface area contributed by atoms with Crippen LogP contribution in [-0.4, -0.2) is 16.0 Å². The number of halogens is 1. The van der Waals surface area contributed by atoms with Crippen molar-refractivity contribution < 1.29 is 19.6 Å². The number of nitro groups is 1. The zero-order chi connectivity index (χ0) is 15.6. The fraction of sp³-hybridized carbons (Fsp3) is 0.0714. The van der Waals surface area contributed by atoms with Gasteiger partial charge in [-0.1, -0.05) is 0 Å². The summed E-state index contributed by atoms with van der Waals surface area (Å²) in [6, 6.07) is 8.60. The van der Waals surface area contributed by atoms with Gasteiger partial charge in [-0.05, 0) is 52.7 Å². The number of carboxylic acid groups (broad SMARTS) is 1. The third kappa shape index (κ3) is 3.38. The lowest BCUT2D eigenvalue weighted by molar-refractivity contribution is -0.384. The zero-order valence-corrected chi connectivity index (χ0v) is 12.5. The second-order valence-corrected chi connectivity index (χ2v) is 5.11. The van der Waals surface area contributed by atoms with Crippen LogP contribution in [0.5, 0.6) is 11.5 Å². The van der Waals surface area contributed by atoms with Gasteiger partial charge in [0.15, 0.2) is 0 Å². The molecule has 0 aliphatic carbocycles. The van der Waals surface area contributed by atoms with E-state index in [-0.39, 0.29) is 11.3 Å². The maximum atomic E-state index is 11.0. The lowest BCUT2D eigenvalue weighted by Crippen LogP contribution is -1.97. The molecule has 2 aromatic rings. The van der Waals surface area contributed by atoms with Crippen molar-refractivity contribution in [2.24, 2.45) is 0 Å². The molecule has 2 aromatic carbocycles. The van der Waals surface area contributed by atoms with Crippen LogP contribution in [0, 0.1) is 17.0 Å². The summed E-state index contributed by atoms with van der Waals surface area (Å²) >= 11 is 3.27. The molecule has 0 aliphatic rings. The normalized spacial score (nSPS) is 10.2. The van der Waals surface area contributed by atoms with E-state index in [2.05, 4.69) is 15.9 Å². The van der Waals surface area contributed by atoms with Gasteiger partial charge in [0.25, 0.3) is 5.69 Å². The number of hydrogen-bond acceptors (Lipinski definition) is 4. The van der Waals surface area contributed by atoms with Crippen LogP contribution in [0.1, 0.15) is 15.9 Å². The van der Waals surface area contributed by atoms with Crippen LogP contribution < -0.4 is 4.74 Å². The van der Waals surface area contributed by atoms with E-state index in [9.17, 15) is 14.9 Å². The molecular formula is C14H10BrNO5. The van der Waals surface area contributed by atoms with Crippen molar-refractivity contribution in [2.45, 2.75) is 6.92 Å². The maximum absolute atomic E-state index is 11.0. The number of ether oxygens (including phenoxy) is 1. The first-order chi connectivity index (χ1) is 9.88. The summed E-state index contributed by atoms with van der Waals surface area (Å²) in [5.74, 6) is -0.316. The molecule has 6 nitrogen and oxygen atoms in total. The molecule has 0 atom stereocenters. The highest BCUT2D eigenvalue weighted by Crippen LogP contribution is 2.33. The van der Waals surface area contributed by atoms with E-state index in [1.165, 1.54) is 30.3 Å². The van der Waals surface area contributed by atoms with Gasteiger partial charge in [-0.15, -0.1) is 0 Å². The molecule has 1 N–H and O–H groups in total. The minimum Gasteiger partial charge on any atom is -0.478 e. The number of benzene rings is 2. The van der Waals surface area contributed by atoms with Crippen molar-refractivity contribution in [2.75, 3.05) is 0 Å². The van der Waals surface area contributed by atoms with Crippen LogP contribution >= 0.6 is 15.9 Å². The summed E-state index contributed by atoms with van der Waals surface area (Å²) in [7, 11) is 0. The van der Waals surface area contributed by atoms with Crippen molar-refractivity contribution in [1.29, 1.82) is 0 Å². The molecule has 21 heavy (non-hydrogen) atoms. The molecule has 0 heterocycles. The van der Waals surface area contributed by atoms with Crippen LogP contribution in [-0.2, 0) is 0 Å². The summed E-state index contributed by atoms with van der Waals surface area (Å²) in [6.07, 6.45) is 0. The summed E-state index contributed by atoms with van der Waals surface area (Å²) < 4.78 is 6.22. The van der Waals surface area contributed by atoms with E-state index >= 15 is 0 Å². The second kappa shape index (κ2) is 5.92. The standard InChI is InChI=1S/C14H10BrNO5/c1-8-6-10(16(19)20)3-5-12(8)21-13-7-9(14(17)18)2-4-11(13)15/h2-7H,1H3,(H,17,18). The third-order valence-electron chi connectivity index (χ3n) is 2.77. The number of nitro benzene ring substituents is 1. The SMILES string of the molecule is Cc1cc([N+](=O)[O-])ccc1Oc1cc(C(=O)O)ccc1Br. The number of aryl methyl sites for hydroxylation is 1. The van der Waals surface area contributed by atoms with E-state index in [4.69, 9.17) is 9.84 Å². The number of carbonyl (C=O) groups is 1. The lowest BCUT2D eigenvalue weighted by atomic mass is 10.2. The van der Waals surface area contributed by atoms with Crippen LogP contribution in [0.4, 0.5) is 5.69 Å². The molecule has 2 rings (SSSR count). The average Bonchev–Trinajstić information content (AvgIpc) is 2.42. The summed E-state index contributed by atoms with van der Waals surface area (Å²) in [6.45, 7) is 1.68. The molecular weight excluding hydrogens is 342 g/mol. The van der Waals surface area contributed by atoms with Gasteiger partial charge in [0.2, 0.25) is 0 Å². The van der Waals surface area contributed by atoms with Crippen LogP contribution in [0.15, 0.2) is 40.9 Å². The van der Waals surface area contributed by atoms with Gasteiger partial charge < -0.3 is 9.84 Å². The number of non-ortho nitro benzene ring substituents is 1. The minimum absolute atomic E-state index is 0.0294. The molecule has 0 bridgehead atoms. The Hall–Kier alpha value is -2.41. The Balaban J connectivity index is 2.36. The quantitative estimate of drug-likeness (QED) is 0.659. The summed E-state index contributed by atoms with van der Waals surface area (Å²) in [4.78, 5) is 21.2. The number of carboxylic acids is 1. The van der Waals surface area contributed by atoms with Gasteiger partial charge in [0.05, 0.1) is 15.0 Å². The molecule has 0 saturated heterocycles. The first kappa shape index (κ1) is 15.0. The Bertz CT molecular complexity index is 729. The highest BCUT2D eigenvalue weighted by atomic mass is 79.9. The van der Waals surface area contributed by atoms with Gasteiger partial charge in [0.1, 0.15) is 11.5 Å². The molecule has 0 amide bonds. The topological polar surface area (TPSA) is 89.7 Å². The Morgan fingerprint density at radius 2 is 1.95 bits per heavy atom. The number of nitrogens with zero attached hydrogens (tertiary/aromatic N) is 1. The molecule has 0 fully saturated rings. The molecule has 0 spiro atoms. The van der Waals surface area contributed by atoms with Crippen LogP contribution in [0.3, 0.4) is 0 Å². The van der Waals surface area contributed by atoms with Gasteiger partial charge in [-0.3, -0.25) is 10.1 Å². The Labute approximate surface area is 128 Å². The Morgan fingerprint density at radius 1 is 1.24 bits per heavy atom. The molecule has 0 saturated carbocycles. The number of rotatable bonds is 4. The average molecular weight is 352 g/mol. The number of hydrogen-bond donors (Lipinski definition) is 1. The maximum Gasteiger partial charge on any atom is 0.335 e. The third-order valence-corrected chi connectivity index (χ3v) is 3.42.